The van der Waals surface area contributed by atoms with Crippen LogP contribution in [0.25, 0.3) is 0 Å². The minimum Gasteiger partial charge on any atom is -0.458 e. The van der Waals surface area contributed by atoms with Crippen LogP contribution in [0.3, 0.4) is 0 Å². The van der Waals surface area contributed by atoms with Crippen molar-refractivity contribution in [3.05, 3.63) is 0 Å². The average molecular weight is 250 g/mol. The van der Waals surface area contributed by atoms with Gasteiger partial charge in [0.2, 0.25) is 0 Å². The second-order valence-electron chi connectivity index (χ2n) is 6.46. The number of hydrogen-bond donors (Lipinski definition) is 0. The average Bonchev–Trinajstić information content (AvgIpc) is 2.31. The molecule has 3 nitrogen and oxygen atoms in total. The molecule has 4 unspecified atom stereocenters. The first-order valence-corrected chi connectivity index (χ1v) is 7.28. The summed E-state index contributed by atoms with van der Waals surface area (Å²) in [6.45, 7) is 3.63. The van der Waals surface area contributed by atoms with E-state index in [2.05, 4.69) is 6.92 Å². The summed E-state index contributed by atoms with van der Waals surface area (Å²) in [5.41, 5.74) is -0.485. The number of Topliss-reactive ketones (excluding diaryl/α,β-unsaturated/α-hetero) is 1. The highest BCUT2D eigenvalue weighted by atomic mass is 16.6. The lowest BCUT2D eigenvalue weighted by Crippen LogP contribution is -2.67. The van der Waals surface area contributed by atoms with Gasteiger partial charge in [-0.25, -0.2) is 0 Å². The van der Waals surface area contributed by atoms with E-state index < -0.39 is 5.60 Å². The molecule has 100 valence electrons. The van der Waals surface area contributed by atoms with Gasteiger partial charge in [0, 0.05) is 12.3 Å². The molecule has 5 aliphatic carbocycles. The zero-order valence-corrected chi connectivity index (χ0v) is 11.3. The number of carbonyl (C=O) groups excluding carboxylic acids is 2. The molecule has 18 heavy (non-hydrogen) atoms. The largest absolute Gasteiger partial charge is 0.458 e. The molecular weight excluding hydrogens is 228 g/mol. The standard InChI is InChI=1S/C15H22O3/c1-3-6-14-7-8-15(18-10(2)16)9-11(14)4-5-12(15)13(14)17/h11-12H,3-9H2,1-2H3. The minimum absolute atomic E-state index is 0.00769. The van der Waals surface area contributed by atoms with Gasteiger partial charge in [-0.3, -0.25) is 9.59 Å². The summed E-state index contributed by atoms with van der Waals surface area (Å²) >= 11 is 0. The molecule has 0 N–H and O–H groups in total. The van der Waals surface area contributed by atoms with Crippen molar-refractivity contribution in [1.82, 2.24) is 0 Å². The van der Waals surface area contributed by atoms with Gasteiger partial charge < -0.3 is 4.74 Å². The maximum absolute atomic E-state index is 12.8. The lowest BCUT2D eigenvalue weighted by atomic mass is 9.42. The quantitative estimate of drug-likeness (QED) is 0.723. The van der Waals surface area contributed by atoms with Crippen LogP contribution in [0.1, 0.15) is 58.8 Å². The van der Waals surface area contributed by atoms with Crippen molar-refractivity contribution in [1.29, 1.82) is 0 Å². The Labute approximate surface area is 108 Å². The Morgan fingerprint density at radius 3 is 2.78 bits per heavy atom. The van der Waals surface area contributed by atoms with Crippen molar-refractivity contribution in [2.45, 2.75) is 64.4 Å². The van der Waals surface area contributed by atoms with Crippen molar-refractivity contribution >= 4 is 11.8 Å². The summed E-state index contributed by atoms with van der Waals surface area (Å²) in [6.07, 6.45) is 6.97. The molecule has 5 rings (SSSR count). The Hall–Kier alpha value is -0.860. The van der Waals surface area contributed by atoms with E-state index in [1.54, 1.807) is 0 Å². The molecule has 0 saturated heterocycles. The van der Waals surface area contributed by atoms with E-state index in [0.29, 0.717) is 11.7 Å². The molecular formula is C15H22O3. The summed E-state index contributed by atoms with van der Waals surface area (Å²) in [4.78, 5) is 24.1. The fourth-order valence-electron chi connectivity index (χ4n) is 5.07. The first-order chi connectivity index (χ1) is 8.54. The first kappa shape index (κ1) is 12.2. The van der Waals surface area contributed by atoms with E-state index >= 15 is 0 Å². The smallest absolute Gasteiger partial charge is 0.303 e. The van der Waals surface area contributed by atoms with Crippen LogP contribution >= 0.6 is 0 Å². The fourth-order valence-corrected chi connectivity index (χ4v) is 5.07. The van der Waals surface area contributed by atoms with Gasteiger partial charge in [0.25, 0.3) is 0 Å². The van der Waals surface area contributed by atoms with Crippen LogP contribution in [0.15, 0.2) is 0 Å². The molecule has 5 aliphatic rings. The van der Waals surface area contributed by atoms with Crippen LogP contribution in [-0.4, -0.2) is 17.4 Å². The Morgan fingerprint density at radius 2 is 2.17 bits per heavy atom. The molecule has 0 aliphatic heterocycles. The van der Waals surface area contributed by atoms with E-state index in [-0.39, 0.29) is 17.3 Å². The first-order valence-electron chi connectivity index (χ1n) is 7.28. The van der Waals surface area contributed by atoms with E-state index in [1.165, 1.54) is 6.92 Å². The summed E-state index contributed by atoms with van der Waals surface area (Å²) in [5.74, 6) is 0.646. The van der Waals surface area contributed by atoms with Gasteiger partial charge in [0.1, 0.15) is 11.4 Å². The number of fused-ring (bicyclic) bond motifs is 2. The lowest BCUT2D eigenvalue weighted by molar-refractivity contribution is -0.216. The zero-order chi connectivity index (χ0) is 13.0. The van der Waals surface area contributed by atoms with Crippen molar-refractivity contribution in [2.24, 2.45) is 17.3 Å². The number of esters is 1. The highest BCUT2D eigenvalue weighted by Gasteiger charge is 2.67. The second kappa shape index (κ2) is 3.82. The van der Waals surface area contributed by atoms with Gasteiger partial charge in [-0.2, -0.15) is 0 Å². The third-order valence-corrected chi connectivity index (χ3v) is 5.66. The predicted molar refractivity (Wildman–Crippen MR) is 66.9 cm³/mol. The minimum atomic E-state index is -0.429. The Kier molecular flexibility index (Phi) is 2.58. The molecule has 5 saturated carbocycles. The summed E-state index contributed by atoms with van der Waals surface area (Å²) in [5, 5.41) is 0. The Morgan fingerprint density at radius 1 is 1.39 bits per heavy atom. The van der Waals surface area contributed by atoms with Gasteiger partial charge in [0.15, 0.2) is 0 Å². The molecule has 0 spiro atoms. The van der Waals surface area contributed by atoms with E-state index in [4.69, 9.17) is 4.74 Å². The molecule has 4 bridgehead atoms. The number of ketones is 1. The normalized spacial score (nSPS) is 45.3. The van der Waals surface area contributed by atoms with E-state index in [9.17, 15) is 9.59 Å². The van der Waals surface area contributed by atoms with Gasteiger partial charge in [0.05, 0.1) is 5.92 Å². The van der Waals surface area contributed by atoms with Crippen LogP contribution in [0.5, 0.6) is 0 Å². The van der Waals surface area contributed by atoms with Crippen LogP contribution in [0.2, 0.25) is 0 Å². The van der Waals surface area contributed by atoms with E-state index in [0.717, 1.165) is 44.9 Å². The molecule has 5 fully saturated rings. The number of rotatable bonds is 3. The maximum Gasteiger partial charge on any atom is 0.303 e. The van der Waals surface area contributed by atoms with Crippen LogP contribution < -0.4 is 0 Å². The number of ether oxygens (including phenoxy) is 1. The monoisotopic (exact) mass is 250 g/mol. The van der Waals surface area contributed by atoms with Crippen molar-refractivity contribution < 1.29 is 14.3 Å². The van der Waals surface area contributed by atoms with Crippen molar-refractivity contribution in [3.63, 3.8) is 0 Å². The SMILES string of the molecule is CCCC12CCC3(OC(C)=O)CC1CCC3C2=O. The van der Waals surface area contributed by atoms with Crippen molar-refractivity contribution in [3.8, 4) is 0 Å². The van der Waals surface area contributed by atoms with Crippen LogP contribution in [-0.2, 0) is 14.3 Å². The zero-order valence-electron chi connectivity index (χ0n) is 11.3. The van der Waals surface area contributed by atoms with Crippen LogP contribution in [0.4, 0.5) is 0 Å². The third-order valence-electron chi connectivity index (χ3n) is 5.66. The fraction of sp³-hybridized carbons (Fsp3) is 0.867. The predicted octanol–water partition coefficient (Wildman–Crippen LogP) is 2.87. The lowest BCUT2D eigenvalue weighted by Gasteiger charge is -2.63. The molecule has 4 atom stereocenters. The molecule has 0 amide bonds. The molecule has 0 aromatic carbocycles. The molecule has 0 aromatic heterocycles. The summed E-state index contributed by atoms with van der Waals surface area (Å²) in [6, 6.07) is 0. The number of hydrogen-bond acceptors (Lipinski definition) is 3. The highest BCUT2D eigenvalue weighted by molar-refractivity contribution is 5.91. The molecule has 0 aromatic rings. The van der Waals surface area contributed by atoms with E-state index in [1.807, 2.05) is 0 Å². The third kappa shape index (κ3) is 1.36. The van der Waals surface area contributed by atoms with Crippen molar-refractivity contribution in [2.75, 3.05) is 0 Å². The molecule has 0 heterocycles. The van der Waals surface area contributed by atoms with Gasteiger partial charge >= 0.3 is 5.97 Å². The Balaban J connectivity index is 1.96. The topological polar surface area (TPSA) is 43.4 Å². The summed E-state index contributed by atoms with van der Waals surface area (Å²) < 4.78 is 5.63. The van der Waals surface area contributed by atoms with Gasteiger partial charge in [-0.05, 0) is 44.4 Å². The highest BCUT2D eigenvalue weighted by Crippen LogP contribution is 2.65. The maximum atomic E-state index is 12.8. The van der Waals surface area contributed by atoms with Gasteiger partial charge in [-0.1, -0.05) is 13.3 Å². The number of carbonyl (C=O) groups is 2. The molecule has 0 radical (unpaired) electrons. The van der Waals surface area contributed by atoms with Crippen LogP contribution in [0, 0.1) is 17.3 Å². The summed E-state index contributed by atoms with van der Waals surface area (Å²) in [7, 11) is 0. The second-order valence-corrected chi connectivity index (χ2v) is 6.46. The molecule has 3 heteroatoms. The van der Waals surface area contributed by atoms with Gasteiger partial charge in [-0.15, -0.1) is 0 Å². The Bertz CT molecular complexity index is 403.